The molecule has 8 nitrogen and oxygen atoms in total. The van der Waals surface area contributed by atoms with Gasteiger partial charge in [0.2, 0.25) is 5.91 Å². The number of carbonyl (C=O) groups is 4. The van der Waals surface area contributed by atoms with Crippen molar-refractivity contribution < 1.29 is 23.9 Å². The fourth-order valence-electron chi connectivity index (χ4n) is 2.96. The molecule has 0 saturated carbocycles. The van der Waals surface area contributed by atoms with Crippen LogP contribution in [0.4, 0.5) is 11.4 Å². The lowest BCUT2D eigenvalue weighted by atomic mass is 10.1. The predicted octanol–water partition coefficient (Wildman–Crippen LogP) is 2.14. The van der Waals surface area contributed by atoms with Crippen molar-refractivity contribution in [1.82, 2.24) is 4.98 Å². The zero-order chi connectivity index (χ0) is 19.6. The van der Waals surface area contributed by atoms with E-state index in [9.17, 15) is 19.2 Å². The molecule has 1 aliphatic rings. The smallest absolute Gasteiger partial charge is 0.355 e. The molecular formula is C19H19N3O5. The second kappa shape index (κ2) is 7.45. The fraction of sp³-hybridized carbons (Fsp3) is 0.263. The normalized spacial score (nSPS) is 16.1. The Kier molecular flexibility index (Phi) is 5.07. The molecule has 0 fully saturated rings. The van der Waals surface area contributed by atoms with E-state index < -0.39 is 24.5 Å². The van der Waals surface area contributed by atoms with Gasteiger partial charge in [-0.3, -0.25) is 14.4 Å². The van der Waals surface area contributed by atoms with E-state index in [1.807, 2.05) is 0 Å². The number of anilines is 2. The molecule has 2 heterocycles. The second-order valence-corrected chi connectivity index (χ2v) is 6.32. The summed E-state index contributed by atoms with van der Waals surface area (Å²) in [5.41, 5.74) is 1.53. The molecule has 2 N–H and O–H groups in total. The van der Waals surface area contributed by atoms with Crippen LogP contribution in [0.1, 0.15) is 41.1 Å². The molecule has 0 saturated heterocycles. The van der Waals surface area contributed by atoms with E-state index >= 15 is 0 Å². The van der Waals surface area contributed by atoms with Gasteiger partial charge in [-0.25, -0.2) is 4.79 Å². The van der Waals surface area contributed by atoms with Crippen LogP contribution < -0.4 is 10.2 Å². The Morgan fingerprint density at radius 2 is 2.00 bits per heavy atom. The number of nitrogens with one attached hydrogen (secondary N) is 2. The Hall–Kier alpha value is -3.42. The van der Waals surface area contributed by atoms with Crippen LogP contribution in [0.15, 0.2) is 36.5 Å². The highest BCUT2D eigenvalue weighted by atomic mass is 16.5. The molecule has 1 aromatic carbocycles. The van der Waals surface area contributed by atoms with Gasteiger partial charge in [-0.1, -0.05) is 12.1 Å². The highest BCUT2D eigenvalue weighted by molar-refractivity contribution is 6.05. The van der Waals surface area contributed by atoms with Crippen LogP contribution in [0.3, 0.4) is 0 Å². The van der Waals surface area contributed by atoms with E-state index in [-0.39, 0.29) is 23.8 Å². The number of rotatable bonds is 4. The van der Waals surface area contributed by atoms with Gasteiger partial charge >= 0.3 is 5.97 Å². The maximum atomic E-state index is 12.7. The van der Waals surface area contributed by atoms with Crippen LogP contribution in [0.5, 0.6) is 0 Å². The van der Waals surface area contributed by atoms with Gasteiger partial charge in [0.25, 0.3) is 5.91 Å². The molecular weight excluding hydrogens is 350 g/mol. The minimum Gasteiger partial charge on any atom is -0.451 e. The van der Waals surface area contributed by atoms with Gasteiger partial charge in [0, 0.05) is 24.2 Å². The summed E-state index contributed by atoms with van der Waals surface area (Å²) in [6, 6.07) is 7.94. The van der Waals surface area contributed by atoms with E-state index in [0.29, 0.717) is 16.9 Å². The van der Waals surface area contributed by atoms with E-state index in [1.165, 1.54) is 24.1 Å². The quantitative estimate of drug-likeness (QED) is 0.634. The summed E-state index contributed by atoms with van der Waals surface area (Å²) in [6.45, 7) is 2.65. The van der Waals surface area contributed by atoms with Crippen LogP contribution in [0.2, 0.25) is 0 Å². The van der Waals surface area contributed by atoms with E-state index in [2.05, 4.69) is 10.3 Å². The first kappa shape index (κ1) is 18.4. The van der Waals surface area contributed by atoms with Crippen molar-refractivity contribution in [3.05, 3.63) is 47.8 Å². The predicted molar refractivity (Wildman–Crippen MR) is 97.7 cm³/mol. The first-order valence-corrected chi connectivity index (χ1v) is 8.44. The number of para-hydroxylation sites is 2. The summed E-state index contributed by atoms with van der Waals surface area (Å²) in [6.07, 6.45) is 1.54. The molecule has 0 aliphatic carbocycles. The molecule has 2 aromatic rings. The lowest BCUT2D eigenvalue weighted by Gasteiger charge is -2.27. The number of Topliss-reactive ketones (excluding diaryl/α,β-unsaturated/α-hetero) is 1. The summed E-state index contributed by atoms with van der Waals surface area (Å²) < 4.78 is 5.09. The summed E-state index contributed by atoms with van der Waals surface area (Å²) in [4.78, 5) is 52.2. The Bertz CT molecular complexity index is 918. The molecule has 27 heavy (non-hydrogen) atoms. The third kappa shape index (κ3) is 3.89. The molecule has 3 rings (SSSR count). The number of benzene rings is 1. The number of hydrogen-bond acceptors (Lipinski definition) is 5. The van der Waals surface area contributed by atoms with E-state index in [1.54, 1.807) is 31.2 Å². The summed E-state index contributed by atoms with van der Waals surface area (Å²) in [5, 5.41) is 2.76. The SMILES string of the molecule is CC(=O)c1c[nH]c(C(=O)OCC(=O)N2c3ccccc3NC(=O)C[C@H]2C)c1. The van der Waals surface area contributed by atoms with Gasteiger partial charge in [-0.15, -0.1) is 0 Å². The van der Waals surface area contributed by atoms with Gasteiger partial charge in [0.1, 0.15) is 5.69 Å². The fourth-order valence-corrected chi connectivity index (χ4v) is 2.96. The van der Waals surface area contributed by atoms with Crippen LogP contribution in [0, 0.1) is 0 Å². The first-order chi connectivity index (χ1) is 12.9. The van der Waals surface area contributed by atoms with Gasteiger partial charge < -0.3 is 19.9 Å². The molecule has 140 valence electrons. The first-order valence-electron chi connectivity index (χ1n) is 8.44. The second-order valence-electron chi connectivity index (χ2n) is 6.32. The van der Waals surface area contributed by atoms with Crippen molar-refractivity contribution in [2.75, 3.05) is 16.8 Å². The number of nitrogens with zero attached hydrogens (tertiary/aromatic N) is 1. The number of aromatic nitrogens is 1. The highest BCUT2D eigenvalue weighted by Gasteiger charge is 2.30. The molecule has 0 spiro atoms. The monoisotopic (exact) mass is 369 g/mol. The lowest BCUT2D eigenvalue weighted by molar-refractivity contribution is -0.122. The molecule has 1 atom stereocenters. The molecule has 1 aliphatic heterocycles. The third-order valence-electron chi connectivity index (χ3n) is 4.26. The molecule has 0 unspecified atom stereocenters. The van der Waals surface area contributed by atoms with Crippen molar-refractivity contribution in [2.24, 2.45) is 0 Å². The lowest BCUT2D eigenvalue weighted by Crippen LogP contribution is -2.41. The van der Waals surface area contributed by atoms with Gasteiger partial charge in [-0.05, 0) is 32.0 Å². The average Bonchev–Trinajstić information content (AvgIpc) is 3.07. The Morgan fingerprint density at radius 1 is 1.26 bits per heavy atom. The maximum Gasteiger partial charge on any atom is 0.355 e. The topological polar surface area (TPSA) is 109 Å². The number of aromatic amines is 1. The van der Waals surface area contributed by atoms with Crippen molar-refractivity contribution >= 4 is 34.9 Å². The minimum absolute atomic E-state index is 0.0918. The van der Waals surface area contributed by atoms with Crippen LogP contribution in [-0.2, 0) is 14.3 Å². The van der Waals surface area contributed by atoms with Crippen LogP contribution >= 0.6 is 0 Å². The molecule has 0 radical (unpaired) electrons. The number of amides is 2. The number of fused-ring (bicyclic) bond motifs is 1. The van der Waals surface area contributed by atoms with Crippen LogP contribution in [-0.4, -0.2) is 41.2 Å². The number of carbonyl (C=O) groups excluding carboxylic acids is 4. The zero-order valence-electron chi connectivity index (χ0n) is 14.9. The minimum atomic E-state index is -0.735. The summed E-state index contributed by atoms with van der Waals surface area (Å²) in [7, 11) is 0. The van der Waals surface area contributed by atoms with Gasteiger partial charge in [0.05, 0.1) is 11.4 Å². The van der Waals surface area contributed by atoms with Gasteiger partial charge in [0.15, 0.2) is 12.4 Å². The van der Waals surface area contributed by atoms with Crippen molar-refractivity contribution in [3.8, 4) is 0 Å². The van der Waals surface area contributed by atoms with Crippen molar-refractivity contribution in [2.45, 2.75) is 26.3 Å². The molecule has 8 heteroatoms. The average molecular weight is 369 g/mol. The largest absolute Gasteiger partial charge is 0.451 e. The Morgan fingerprint density at radius 3 is 2.70 bits per heavy atom. The third-order valence-corrected chi connectivity index (χ3v) is 4.26. The Balaban J connectivity index is 1.74. The van der Waals surface area contributed by atoms with Crippen molar-refractivity contribution in [3.63, 3.8) is 0 Å². The maximum absolute atomic E-state index is 12.7. The Labute approximate surface area is 155 Å². The molecule has 1 aromatic heterocycles. The van der Waals surface area contributed by atoms with E-state index in [4.69, 9.17) is 4.74 Å². The number of ketones is 1. The summed E-state index contributed by atoms with van der Waals surface area (Å²) >= 11 is 0. The standard InChI is InChI=1S/C19H19N3O5/c1-11-7-17(24)21-14-5-3-4-6-16(14)22(11)18(25)10-27-19(26)15-8-13(9-20-15)12(2)23/h3-6,8-9,11,20H,7,10H2,1-2H3,(H,21,24)/t11-/m1/s1. The number of hydrogen-bond donors (Lipinski definition) is 2. The number of esters is 1. The summed E-state index contributed by atoms with van der Waals surface area (Å²) in [5.74, 6) is -1.56. The van der Waals surface area contributed by atoms with Gasteiger partial charge in [-0.2, -0.15) is 0 Å². The highest BCUT2D eigenvalue weighted by Crippen LogP contribution is 2.31. The van der Waals surface area contributed by atoms with Crippen LogP contribution in [0.25, 0.3) is 0 Å². The van der Waals surface area contributed by atoms with E-state index in [0.717, 1.165) is 0 Å². The molecule has 2 amide bonds. The number of H-pyrrole nitrogens is 1. The number of ether oxygens (including phenoxy) is 1. The molecule has 0 bridgehead atoms. The van der Waals surface area contributed by atoms with Crippen molar-refractivity contribution in [1.29, 1.82) is 0 Å². The zero-order valence-corrected chi connectivity index (χ0v) is 14.9.